The van der Waals surface area contributed by atoms with Crippen molar-refractivity contribution in [1.29, 1.82) is 0 Å². The van der Waals surface area contributed by atoms with Gasteiger partial charge in [0, 0.05) is 0 Å². The van der Waals surface area contributed by atoms with Crippen LogP contribution in [0.1, 0.15) is 6.92 Å². The molecule has 0 aliphatic carbocycles. The van der Waals surface area contributed by atoms with Crippen LogP contribution in [0, 0.1) is 0 Å². The zero-order valence-electron chi connectivity index (χ0n) is 5.18. The van der Waals surface area contributed by atoms with E-state index >= 15 is 0 Å². The van der Waals surface area contributed by atoms with E-state index in [4.69, 9.17) is 0 Å². The molecule has 0 fully saturated rings. The number of carbonyl (C=O) groups excluding carboxylic acids is 2. The third-order valence-corrected chi connectivity index (χ3v) is 0.653. The molecule has 0 saturated carbocycles. The van der Waals surface area contributed by atoms with Gasteiger partial charge in [-0.1, -0.05) is 6.08 Å². The molecule has 9 heavy (non-hydrogen) atoms. The van der Waals surface area contributed by atoms with Crippen LogP contribution in [0.2, 0.25) is 0 Å². The molecule has 0 spiro atoms. The summed E-state index contributed by atoms with van der Waals surface area (Å²) in [6, 6.07) is 0. The molecular weight excluding hydrogens is 118 g/mol. The van der Waals surface area contributed by atoms with E-state index in [-0.39, 0.29) is 12.5 Å². The second-order valence-electron chi connectivity index (χ2n) is 1.36. The van der Waals surface area contributed by atoms with E-state index in [0.29, 0.717) is 0 Å². The van der Waals surface area contributed by atoms with Gasteiger partial charge in [-0.2, -0.15) is 0 Å². The molecule has 0 atom stereocenters. The number of amides is 1. The molecular formula is C6H8NO2. The fourth-order valence-corrected chi connectivity index (χ4v) is 0.334. The van der Waals surface area contributed by atoms with Crippen LogP contribution in [0.4, 0.5) is 0 Å². The van der Waals surface area contributed by atoms with Crippen LogP contribution in [0.3, 0.4) is 0 Å². The lowest BCUT2D eigenvalue weighted by Gasteiger charge is -1.90. The van der Waals surface area contributed by atoms with Crippen molar-refractivity contribution < 1.29 is 9.59 Å². The summed E-state index contributed by atoms with van der Waals surface area (Å²) in [6.45, 7) is 1.69. The van der Waals surface area contributed by atoms with Crippen LogP contribution in [0.15, 0.2) is 12.2 Å². The first-order valence-corrected chi connectivity index (χ1v) is 2.56. The molecule has 0 rings (SSSR count). The summed E-state index contributed by atoms with van der Waals surface area (Å²) >= 11 is 0. The summed E-state index contributed by atoms with van der Waals surface area (Å²) in [7, 11) is 0. The van der Waals surface area contributed by atoms with Gasteiger partial charge in [0.2, 0.25) is 12.2 Å². The summed E-state index contributed by atoms with van der Waals surface area (Å²) in [5.74, 6) is -0.263. The zero-order chi connectivity index (χ0) is 7.11. The van der Waals surface area contributed by atoms with Gasteiger partial charge in [-0.05, 0) is 13.0 Å². The second-order valence-corrected chi connectivity index (χ2v) is 1.36. The monoisotopic (exact) mass is 126 g/mol. The van der Waals surface area contributed by atoms with Crippen molar-refractivity contribution in [2.75, 3.05) is 6.54 Å². The quantitative estimate of drug-likeness (QED) is 0.532. The van der Waals surface area contributed by atoms with Crippen molar-refractivity contribution in [2.24, 2.45) is 0 Å². The average Bonchev–Trinajstić information content (AvgIpc) is 1.85. The summed E-state index contributed by atoms with van der Waals surface area (Å²) in [5, 5.41) is 2.28. The predicted octanol–water partition coefficient (Wildman–Crippen LogP) is -0.212. The summed E-state index contributed by atoms with van der Waals surface area (Å²) in [4.78, 5) is 20.0. The first kappa shape index (κ1) is 7.88. The van der Waals surface area contributed by atoms with E-state index in [2.05, 4.69) is 5.32 Å². The van der Waals surface area contributed by atoms with Crippen molar-refractivity contribution in [3.8, 4) is 0 Å². The first-order chi connectivity index (χ1) is 4.31. The van der Waals surface area contributed by atoms with E-state index in [1.54, 1.807) is 19.3 Å². The lowest BCUT2D eigenvalue weighted by Crippen LogP contribution is -2.22. The summed E-state index contributed by atoms with van der Waals surface area (Å²) in [5.41, 5.74) is 0. The number of allylic oxidation sites excluding steroid dienone is 1. The molecule has 0 aliphatic rings. The van der Waals surface area contributed by atoms with Crippen molar-refractivity contribution in [2.45, 2.75) is 6.92 Å². The highest BCUT2D eigenvalue weighted by molar-refractivity contribution is 5.88. The highest BCUT2D eigenvalue weighted by Crippen LogP contribution is 1.68. The molecule has 0 aromatic rings. The van der Waals surface area contributed by atoms with Crippen molar-refractivity contribution in [3.05, 3.63) is 12.2 Å². The van der Waals surface area contributed by atoms with E-state index in [1.165, 1.54) is 6.08 Å². The second kappa shape index (κ2) is 5.03. The Hall–Kier alpha value is -1.12. The molecule has 1 radical (unpaired) electrons. The predicted molar refractivity (Wildman–Crippen MR) is 33.5 cm³/mol. The van der Waals surface area contributed by atoms with Crippen LogP contribution in [0.25, 0.3) is 0 Å². The Morgan fingerprint density at radius 3 is 2.89 bits per heavy atom. The van der Waals surface area contributed by atoms with Gasteiger partial charge >= 0.3 is 0 Å². The maximum atomic E-state index is 10.4. The van der Waals surface area contributed by atoms with E-state index < -0.39 is 0 Å². The molecule has 1 amide bonds. The number of rotatable bonds is 3. The molecule has 0 bridgehead atoms. The smallest absolute Gasteiger partial charge is 0.244 e. The fraction of sp³-hybridized carbons (Fsp3) is 0.333. The van der Waals surface area contributed by atoms with E-state index in [1.807, 2.05) is 0 Å². The lowest BCUT2D eigenvalue weighted by atomic mass is 10.5. The topological polar surface area (TPSA) is 46.2 Å². The number of hydrogen-bond acceptors (Lipinski definition) is 2. The van der Waals surface area contributed by atoms with Crippen molar-refractivity contribution >= 4 is 12.2 Å². The van der Waals surface area contributed by atoms with Crippen molar-refractivity contribution in [3.63, 3.8) is 0 Å². The van der Waals surface area contributed by atoms with Crippen LogP contribution < -0.4 is 5.32 Å². The lowest BCUT2D eigenvalue weighted by molar-refractivity contribution is -0.116. The zero-order valence-corrected chi connectivity index (χ0v) is 5.18. The molecule has 0 saturated heterocycles. The normalized spacial score (nSPS) is 9.44. The van der Waals surface area contributed by atoms with Gasteiger partial charge in [-0.15, -0.1) is 0 Å². The Kier molecular flexibility index (Phi) is 4.40. The van der Waals surface area contributed by atoms with Gasteiger partial charge in [0.05, 0.1) is 6.54 Å². The van der Waals surface area contributed by atoms with Gasteiger partial charge in [0.25, 0.3) is 0 Å². The highest BCUT2D eigenvalue weighted by Gasteiger charge is 1.89. The van der Waals surface area contributed by atoms with Gasteiger partial charge in [0.1, 0.15) is 0 Å². The maximum Gasteiger partial charge on any atom is 0.244 e. The first-order valence-electron chi connectivity index (χ1n) is 2.56. The number of nitrogens with one attached hydrogen (secondary N) is 1. The molecule has 3 nitrogen and oxygen atoms in total. The maximum absolute atomic E-state index is 10.4. The largest absolute Gasteiger partial charge is 0.345 e. The van der Waals surface area contributed by atoms with Crippen LogP contribution >= 0.6 is 0 Å². The Morgan fingerprint density at radius 2 is 2.44 bits per heavy atom. The number of carbonyl (C=O) groups is 1. The molecule has 0 unspecified atom stereocenters. The summed E-state index contributed by atoms with van der Waals surface area (Å²) < 4.78 is 0. The molecule has 49 valence electrons. The van der Waals surface area contributed by atoms with E-state index in [0.717, 1.165) is 0 Å². The van der Waals surface area contributed by atoms with Gasteiger partial charge in [0.15, 0.2) is 0 Å². The Bertz CT molecular complexity index is 129. The highest BCUT2D eigenvalue weighted by atomic mass is 16.2. The Balaban J connectivity index is 3.38. The average molecular weight is 126 g/mol. The molecule has 0 heterocycles. The third kappa shape index (κ3) is 4.74. The minimum atomic E-state index is -0.263. The minimum Gasteiger partial charge on any atom is -0.345 e. The standard InChI is InChI=1S/C6H8NO2/c1-2-3-6(9)7-4-5-8/h2-3H,4H2,1H3,(H,7,9)/b3-2+. The molecule has 0 aromatic heterocycles. The molecule has 0 aliphatic heterocycles. The van der Waals surface area contributed by atoms with Gasteiger partial charge < -0.3 is 5.32 Å². The Morgan fingerprint density at radius 1 is 1.78 bits per heavy atom. The van der Waals surface area contributed by atoms with Crippen LogP contribution in [-0.2, 0) is 9.59 Å². The molecule has 3 heteroatoms. The molecule has 1 N–H and O–H groups in total. The summed E-state index contributed by atoms with van der Waals surface area (Å²) in [6.07, 6.45) is 4.48. The van der Waals surface area contributed by atoms with E-state index in [9.17, 15) is 9.59 Å². The SMILES string of the molecule is C/C=C/C(=O)NC[C]=O. The minimum absolute atomic E-state index is 0.0385. The molecule has 0 aromatic carbocycles. The van der Waals surface area contributed by atoms with Crippen LogP contribution in [0.5, 0.6) is 0 Å². The van der Waals surface area contributed by atoms with Crippen LogP contribution in [-0.4, -0.2) is 18.7 Å². The Labute approximate surface area is 53.7 Å². The van der Waals surface area contributed by atoms with Crippen molar-refractivity contribution in [1.82, 2.24) is 5.32 Å². The number of hydrogen-bond donors (Lipinski definition) is 1. The fourth-order valence-electron chi connectivity index (χ4n) is 0.334. The van der Waals surface area contributed by atoms with Gasteiger partial charge in [-0.25, -0.2) is 0 Å². The van der Waals surface area contributed by atoms with Gasteiger partial charge in [-0.3, -0.25) is 9.59 Å². The third-order valence-electron chi connectivity index (χ3n) is 0.653.